The van der Waals surface area contributed by atoms with Gasteiger partial charge in [0.05, 0.1) is 20.6 Å². The van der Waals surface area contributed by atoms with E-state index in [9.17, 15) is 9.59 Å². The summed E-state index contributed by atoms with van der Waals surface area (Å²) < 4.78 is 16.7. The quantitative estimate of drug-likeness (QED) is 0.674. The van der Waals surface area contributed by atoms with Crippen LogP contribution < -0.4 is 14.2 Å². The van der Waals surface area contributed by atoms with Gasteiger partial charge < -0.3 is 24.2 Å². The lowest BCUT2D eigenvalue weighted by Crippen LogP contribution is -2.32. The Labute approximate surface area is 164 Å². The molecule has 7 heteroatoms. The summed E-state index contributed by atoms with van der Waals surface area (Å²) in [5.74, 6) is -0.110. The van der Waals surface area contributed by atoms with E-state index in [0.29, 0.717) is 36.0 Å². The van der Waals surface area contributed by atoms with E-state index in [0.717, 1.165) is 5.56 Å². The Morgan fingerprint density at radius 2 is 1.64 bits per heavy atom. The standard InChI is InChI=1S/C21H25NO6/c1-4-22(11-10-19(23)24)21(25)16-12-17(26-2)20(18(13-16)27-3)28-14-15-8-6-5-7-9-15/h5-9,12-13H,4,10-11,14H2,1-3H3,(H,23,24). The maximum absolute atomic E-state index is 12.8. The van der Waals surface area contributed by atoms with Gasteiger partial charge in [0.2, 0.25) is 5.75 Å². The van der Waals surface area contributed by atoms with Gasteiger partial charge >= 0.3 is 5.97 Å². The highest BCUT2D eigenvalue weighted by Gasteiger charge is 2.21. The van der Waals surface area contributed by atoms with Crippen molar-refractivity contribution in [2.75, 3.05) is 27.3 Å². The van der Waals surface area contributed by atoms with Crippen molar-refractivity contribution in [3.63, 3.8) is 0 Å². The lowest BCUT2D eigenvalue weighted by molar-refractivity contribution is -0.137. The number of methoxy groups -OCH3 is 2. The maximum atomic E-state index is 12.8. The van der Waals surface area contributed by atoms with Crippen LogP contribution in [0.2, 0.25) is 0 Å². The van der Waals surface area contributed by atoms with Gasteiger partial charge in [-0.05, 0) is 24.6 Å². The van der Waals surface area contributed by atoms with Gasteiger partial charge in [-0.25, -0.2) is 0 Å². The molecule has 150 valence electrons. The van der Waals surface area contributed by atoms with Crippen LogP contribution in [-0.2, 0) is 11.4 Å². The van der Waals surface area contributed by atoms with E-state index in [1.165, 1.54) is 19.1 Å². The second-order valence-corrected chi connectivity index (χ2v) is 6.01. The molecular weight excluding hydrogens is 362 g/mol. The Morgan fingerprint density at radius 3 is 2.14 bits per heavy atom. The summed E-state index contributed by atoms with van der Waals surface area (Å²) in [5, 5.41) is 8.87. The van der Waals surface area contributed by atoms with Crippen molar-refractivity contribution in [3.8, 4) is 17.2 Å². The van der Waals surface area contributed by atoms with Crippen LogP contribution in [0.1, 0.15) is 29.3 Å². The first-order valence-electron chi connectivity index (χ1n) is 8.94. The molecule has 1 amide bonds. The second kappa shape index (κ2) is 10.2. The number of carboxylic acids is 1. The van der Waals surface area contributed by atoms with Gasteiger partial charge in [-0.2, -0.15) is 0 Å². The number of carboxylic acid groups (broad SMARTS) is 1. The fraction of sp³-hybridized carbons (Fsp3) is 0.333. The Hall–Kier alpha value is -3.22. The number of carbonyl (C=O) groups excluding carboxylic acids is 1. The monoisotopic (exact) mass is 387 g/mol. The first-order chi connectivity index (χ1) is 13.5. The van der Waals surface area contributed by atoms with Gasteiger partial charge in [0, 0.05) is 18.7 Å². The zero-order chi connectivity index (χ0) is 20.5. The van der Waals surface area contributed by atoms with Gasteiger partial charge in [-0.1, -0.05) is 30.3 Å². The summed E-state index contributed by atoms with van der Waals surface area (Å²) in [4.78, 5) is 25.1. The molecule has 28 heavy (non-hydrogen) atoms. The molecule has 0 aliphatic carbocycles. The van der Waals surface area contributed by atoms with E-state index in [1.807, 2.05) is 30.3 Å². The Kier molecular flexibility index (Phi) is 7.68. The smallest absolute Gasteiger partial charge is 0.305 e. The van der Waals surface area contributed by atoms with Crippen molar-refractivity contribution < 1.29 is 28.9 Å². The molecule has 7 nitrogen and oxygen atoms in total. The average Bonchev–Trinajstić information content (AvgIpc) is 2.72. The summed E-state index contributed by atoms with van der Waals surface area (Å²) in [6.07, 6.45) is -0.119. The highest BCUT2D eigenvalue weighted by molar-refractivity contribution is 5.95. The number of hydrogen-bond acceptors (Lipinski definition) is 5. The van der Waals surface area contributed by atoms with Crippen LogP contribution in [0.3, 0.4) is 0 Å². The molecule has 0 bridgehead atoms. The molecule has 0 aliphatic rings. The molecule has 0 aromatic heterocycles. The fourth-order valence-electron chi connectivity index (χ4n) is 2.69. The molecule has 2 aromatic carbocycles. The van der Waals surface area contributed by atoms with Crippen LogP contribution in [0.4, 0.5) is 0 Å². The highest BCUT2D eigenvalue weighted by atomic mass is 16.5. The highest BCUT2D eigenvalue weighted by Crippen LogP contribution is 2.39. The zero-order valence-electron chi connectivity index (χ0n) is 16.3. The molecule has 0 saturated heterocycles. The number of rotatable bonds is 10. The zero-order valence-corrected chi connectivity index (χ0v) is 16.3. The van der Waals surface area contributed by atoms with E-state index in [4.69, 9.17) is 19.3 Å². The van der Waals surface area contributed by atoms with Crippen molar-refractivity contribution in [1.29, 1.82) is 0 Å². The number of ether oxygens (including phenoxy) is 3. The van der Waals surface area contributed by atoms with E-state index in [2.05, 4.69) is 0 Å². The molecule has 2 rings (SSSR count). The molecule has 0 fully saturated rings. The van der Waals surface area contributed by atoms with Gasteiger partial charge in [-0.3, -0.25) is 9.59 Å². The molecule has 0 radical (unpaired) electrons. The minimum absolute atomic E-state index is 0.119. The summed E-state index contributed by atoms with van der Waals surface area (Å²) in [7, 11) is 2.97. The molecule has 0 aliphatic heterocycles. The first kappa shape index (κ1) is 21.1. The van der Waals surface area contributed by atoms with Crippen LogP contribution in [-0.4, -0.2) is 49.2 Å². The number of benzene rings is 2. The number of aliphatic carboxylic acids is 1. The van der Waals surface area contributed by atoms with Gasteiger partial charge in [0.1, 0.15) is 6.61 Å². The fourth-order valence-corrected chi connectivity index (χ4v) is 2.69. The van der Waals surface area contributed by atoms with Crippen molar-refractivity contribution >= 4 is 11.9 Å². The summed E-state index contributed by atoms with van der Waals surface area (Å²) in [6, 6.07) is 12.8. The Bertz CT molecular complexity index is 781. The van der Waals surface area contributed by atoms with Gasteiger partial charge in [0.15, 0.2) is 11.5 Å². The molecular formula is C21H25NO6. The lowest BCUT2D eigenvalue weighted by Gasteiger charge is -2.22. The van der Waals surface area contributed by atoms with Crippen LogP contribution >= 0.6 is 0 Å². The molecule has 0 heterocycles. The van der Waals surface area contributed by atoms with Gasteiger partial charge in [-0.15, -0.1) is 0 Å². The van der Waals surface area contributed by atoms with Crippen LogP contribution in [0.25, 0.3) is 0 Å². The molecule has 1 N–H and O–H groups in total. The van der Waals surface area contributed by atoms with E-state index < -0.39 is 5.97 Å². The Morgan fingerprint density at radius 1 is 1.04 bits per heavy atom. The topological polar surface area (TPSA) is 85.3 Å². The molecule has 0 unspecified atom stereocenters. The third kappa shape index (κ3) is 5.39. The van der Waals surface area contributed by atoms with Crippen LogP contribution in [0.15, 0.2) is 42.5 Å². The van der Waals surface area contributed by atoms with Crippen molar-refractivity contribution in [2.24, 2.45) is 0 Å². The third-order valence-electron chi connectivity index (χ3n) is 4.20. The number of carbonyl (C=O) groups is 2. The van der Waals surface area contributed by atoms with E-state index in [-0.39, 0.29) is 18.9 Å². The summed E-state index contributed by atoms with van der Waals surface area (Å²) >= 11 is 0. The second-order valence-electron chi connectivity index (χ2n) is 6.01. The van der Waals surface area contributed by atoms with Crippen LogP contribution in [0, 0.1) is 0 Å². The van der Waals surface area contributed by atoms with Crippen molar-refractivity contribution in [2.45, 2.75) is 20.0 Å². The first-order valence-corrected chi connectivity index (χ1v) is 8.94. The molecule has 2 aromatic rings. The number of amides is 1. The minimum Gasteiger partial charge on any atom is -0.493 e. The molecule has 0 atom stereocenters. The SMILES string of the molecule is CCN(CCC(=O)O)C(=O)c1cc(OC)c(OCc2ccccc2)c(OC)c1. The molecule has 0 saturated carbocycles. The van der Waals surface area contributed by atoms with Crippen molar-refractivity contribution in [1.82, 2.24) is 4.90 Å². The minimum atomic E-state index is -0.953. The predicted molar refractivity (Wildman–Crippen MR) is 104 cm³/mol. The lowest BCUT2D eigenvalue weighted by atomic mass is 10.1. The van der Waals surface area contributed by atoms with Crippen LogP contribution in [0.5, 0.6) is 17.2 Å². The predicted octanol–water partition coefficient (Wildman–Crippen LogP) is 3.22. The average molecular weight is 387 g/mol. The van der Waals surface area contributed by atoms with Gasteiger partial charge in [0.25, 0.3) is 5.91 Å². The van der Waals surface area contributed by atoms with E-state index in [1.54, 1.807) is 19.1 Å². The van der Waals surface area contributed by atoms with E-state index >= 15 is 0 Å². The van der Waals surface area contributed by atoms with Crippen molar-refractivity contribution in [3.05, 3.63) is 53.6 Å². The maximum Gasteiger partial charge on any atom is 0.305 e. The normalized spacial score (nSPS) is 10.2. The Balaban J connectivity index is 2.27. The molecule has 0 spiro atoms. The summed E-state index contributed by atoms with van der Waals surface area (Å²) in [6.45, 7) is 2.64. The summed E-state index contributed by atoms with van der Waals surface area (Å²) in [5.41, 5.74) is 1.32. The third-order valence-corrected chi connectivity index (χ3v) is 4.20. The number of hydrogen-bond donors (Lipinski definition) is 1. The number of nitrogens with zero attached hydrogens (tertiary/aromatic N) is 1. The largest absolute Gasteiger partial charge is 0.493 e.